The molecule has 0 saturated carbocycles. The minimum atomic E-state index is -0.434. The van der Waals surface area contributed by atoms with Crippen LogP contribution < -0.4 is 10.1 Å². The van der Waals surface area contributed by atoms with Crippen LogP contribution in [0.5, 0.6) is 5.88 Å². The van der Waals surface area contributed by atoms with Gasteiger partial charge in [0.2, 0.25) is 11.8 Å². The fourth-order valence-electron chi connectivity index (χ4n) is 5.80. The van der Waals surface area contributed by atoms with Crippen LogP contribution in [0.2, 0.25) is 0 Å². The number of fused-ring (bicyclic) bond motifs is 2. The first-order chi connectivity index (χ1) is 18.1. The van der Waals surface area contributed by atoms with Gasteiger partial charge in [0.25, 0.3) is 0 Å². The largest absolute Gasteiger partial charge is 0.479 e. The maximum Gasteiger partial charge on any atom is 0.244 e. The normalized spacial score (nSPS) is 21.0. The van der Waals surface area contributed by atoms with E-state index in [-0.39, 0.29) is 6.54 Å². The van der Waals surface area contributed by atoms with Crippen LogP contribution in [0.15, 0.2) is 30.5 Å². The molecule has 0 bridgehead atoms. The predicted octanol–water partition coefficient (Wildman–Crippen LogP) is 3.94. The minimum absolute atomic E-state index is 0.288. The Morgan fingerprint density at radius 1 is 1.22 bits per heavy atom. The van der Waals surface area contributed by atoms with Gasteiger partial charge in [-0.2, -0.15) is 4.98 Å². The molecule has 196 valence electrons. The van der Waals surface area contributed by atoms with Gasteiger partial charge >= 0.3 is 0 Å². The number of aromatic nitrogens is 5. The molecule has 5 heterocycles. The summed E-state index contributed by atoms with van der Waals surface area (Å²) in [5, 5.41) is 8.42. The summed E-state index contributed by atoms with van der Waals surface area (Å²) in [7, 11) is 1.64. The number of hydrogen-bond acceptors (Lipinski definition) is 7. The molecule has 2 fully saturated rings. The molecule has 1 aromatic carbocycles. The Bertz CT molecular complexity index is 1410. The van der Waals surface area contributed by atoms with Gasteiger partial charge in [0.05, 0.1) is 43.9 Å². The zero-order chi connectivity index (χ0) is 25.5. The van der Waals surface area contributed by atoms with Gasteiger partial charge in [-0.15, -0.1) is 5.10 Å². The second-order valence-corrected chi connectivity index (χ2v) is 10.1. The third kappa shape index (κ3) is 4.31. The Labute approximate surface area is 215 Å². The number of nitrogens with zero attached hydrogens (tertiary/aromatic N) is 6. The lowest BCUT2D eigenvalue weighted by molar-refractivity contribution is -0.0775. The SMILES string of the molecule is CC[C@H]1CN(C2COC2)CC[C@@H]1Nc1nc(OC)c2c(-c3ccc4nc(C)n(CCF)c4c3)ccn2n1. The van der Waals surface area contributed by atoms with Crippen molar-refractivity contribution < 1.29 is 13.9 Å². The summed E-state index contributed by atoms with van der Waals surface area (Å²) in [6, 6.07) is 8.96. The fourth-order valence-corrected chi connectivity index (χ4v) is 5.80. The molecule has 0 amide bonds. The van der Waals surface area contributed by atoms with Crippen molar-refractivity contribution in [3.8, 4) is 17.0 Å². The Balaban J connectivity index is 1.30. The molecule has 6 rings (SSSR count). The third-order valence-electron chi connectivity index (χ3n) is 7.97. The highest BCUT2D eigenvalue weighted by Gasteiger charge is 2.34. The van der Waals surface area contributed by atoms with Crippen molar-refractivity contribution in [2.24, 2.45) is 5.92 Å². The van der Waals surface area contributed by atoms with Crippen molar-refractivity contribution in [1.82, 2.24) is 29.0 Å². The molecular formula is C27H34FN7O2. The maximum absolute atomic E-state index is 13.2. The lowest BCUT2D eigenvalue weighted by atomic mass is 9.89. The Kier molecular flexibility index (Phi) is 6.46. The first-order valence-electron chi connectivity index (χ1n) is 13.1. The molecule has 0 unspecified atom stereocenters. The fraction of sp³-hybridized carbons (Fsp3) is 0.519. The molecule has 0 spiro atoms. The number of imidazole rings is 1. The first-order valence-corrected chi connectivity index (χ1v) is 13.1. The molecular weight excluding hydrogens is 473 g/mol. The molecule has 2 atom stereocenters. The van der Waals surface area contributed by atoms with E-state index >= 15 is 0 Å². The number of alkyl halides is 1. The first kappa shape index (κ1) is 24.1. The highest BCUT2D eigenvalue weighted by molar-refractivity contribution is 5.89. The highest BCUT2D eigenvalue weighted by Crippen LogP contribution is 2.34. The number of rotatable bonds is 8. The van der Waals surface area contributed by atoms with E-state index in [9.17, 15) is 4.39 Å². The van der Waals surface area contributed by atoms with Gasteiger partial charge in [-0.05, 0) is 43.0 Å². The quantitative estimate of drug-likeness (QED) is 0.387. The third-order valence-corrected chi connectivity index (χ3v) is 7.97. The molecule has 9 nitrogen and oxygen atoms in total. The molecule has 37 heavy (non-hydrogen) atoms. The second-order valence-electron chi connectivity index (χ2n) is 10.1. The Morgan fingerprint density at radius 3 is 2.81 bits per heavy atom. The summed E-state index contributed by atoms with van der Waals surface area (Å²) in [6.45, 7) is 7.83. The lowest BCUT2D eigenvalue weighted by Crippen LogP contribution is -2.56. The molecule has 0 aliphatic carbocycles. The molecule has 10 heteroatoms. The average molecular weight is 508 g/mol. The van der Waals surface area contributed by atoms with E-state index in [2.05, 4.69) is 28.2 Å². The van der Waals surface area contributed by atoms with Crippen molar-refractivity contribution in [3.05, 3.63) is 36.3 Å². The van der Waals surface area contributed by atoms with E-state index in [4.69, 9.17) is 19.6 Å². The number of ether oxygens (including phenoxy) is 2. The molecule has 2 aliphatic heterocycles. The van der Waals surface area contributed by atoms with Crippen molar-refractivity contribution in [1.29, 1.82) is 0 Å². The number of benzene rings is 1. The van der Waals surface area contributed by atoms with E-state index < -0.39 is 6.67 Å². The van der Waals surface area contributed by atoms with Gasteiger partial charge in [-0.1, -0.05) is 19.4 Å². The van der Waals surface area contributed by atoms with Crippen molar-refractivity contribution in [2.45, 2.75) is 45.3 Å². The number of hydrogen-bond donors (Lipinski definition) is 1. The van der Waals surface area contributed by atoms with Crippen LogP contribution >= 0.6 is 0 Å². The summed E-state index contributed by atoms with van der Waals surface area (Å²) in [5.74, 6) is 2.41. The zero-order valence-electron chi connectivity index (χ0n) is 21.7. The van der Waals surface area contributed by atoms with Crippen LogP contribution in [0.3, 0.4) is 0 Å². The lowest BCUT2D eigenvalue weighted by Gasteiger charge is -2.45. The summed E-state index contributed by atoms with van der Waals surface area (Å²) < 4.78 is 28.1. The topological polar surface area (TPSA) is 81.7 Å². The minimum Gasteiger partial charge on any atom is -0.479 e. The van der Waals surface area contributed by atoms with Crippen molar-refractivity contribution in [2.75, 3.05) is 45.4 Å². The molecule has 2 saturated heterocycles. The molecule has 1 N–H and O–H groups in total. The van der Waals surface area contributed by atoms with Gasteiger partial charge < -0.3 is 19.4 Å². The molecule has 3 aromatic heterocycles. The number of nitrogens with one attached hydrogen (secondary N) is 1. The van der Waals surface area contributed by atoms with Gasteiger partial charge in [0.1, 0.15) is 18.0 Å². The van der Waals surface area contributed by atoms with Crippen molar-refractivity contribution >= 4 is 22.5 Å². The number of methoxy groups -OCH3 is 1. The number of likely N-dealkylation sites (tertiary alicyclic amines) is 1. The van der Waals surface area contributed by atoms with Gasteiger partial charge in [-0.3, -0.25) is 4.90 Å². The molecule has 4 aromatic rings. The summed E-state index contributed by atoms with van der Waals surface area (Å²) in [6.07, 6.45) is 4.07. The van der Waals surface area contributed by atoms with Crippen molar-refractivity contribution in [3.63, 3.8) is 0 Å². The van der Waals surface area contributed by atoms with Gasteiger partial charge in [0, 0.05) is 30.9 Å². The number of halogens is 1. The predicted molar refractivity (Wildman–Crippen MR) is 141 cm³/mol. The number of aryl methyl sites for hydroxylation is 2. The second kappa shape index (κ2) is 9.90. The molecule has 2 aliphatic rings. The number of piperidine rings is 1. The Morgan fingerprint density at radius 2 is 2.08 bits per heavy atom. The van der Waals surface area contributed by atoms with Crippen LogP contribution in [0.1, 0.15) is 25.6 Å². The van der Waals surface area contributed by atoms with Gasteiger partial charge in [0.15, 0.2) is 0 Å². The van der Waals surface area contributed by atoms with Crippen LogP contribution in [0.4, 0.5) is 10.3 Å². The standard InChI is InChI=1S/C27H34FN7O2/c1-4-18-14-33(20-15-37-16-20)10-8-22(18)30-27-31-26(36-3)25-21(7-11-35(25)32-27)19-5-6-23-24(13-19)34(12-9-28)17(2)29-23/h5-7,11,13,18,20,22H,4,8-10,12,14-16H2,1-3H3,(H,30,32)/t18-,22-/m0/s1. The summed E-state index contributed by atoms with van der Waals surface area (Å²) in [4.78, 5) is 11.9. The van der Waals surface area contributed by atoms with Gasteiger partial charge in [-0.25, -0.2) is 13.9 Å². The van der Waals surface area contributed by atoms with E-state index in [1.165, 1.54) is 0 Å². The monoisotopic (exact) mass is 507 g/mol. The van der Waals surface area contributed by atoms with E-state index in [1.54, 1.807) is 7.11 Å². The van der Waals surface area contributed by atoms with Crippen LogP contribution in [0, 0.1) is 12.8 Å². The maximum atomic E-state index is 13.2. The van der Waals surface area contributed by atoms with E-state index in [1.807, 2.05) is 40.4 Å². The smallest absolute Gasteiger partial charge is 0.244 e. The summed E-state index contributed by atoms with van der Waals surface area (Å²) in [5.41, 5.74) is 4.51. The Hall–Kier alpha value is -3.24. The summed E-state index contributed by atoms with van der Waals surface area (Å²) >= 11 is 0. The van der Waals surface area contributed by atoms with Crippen LogP contribution in [-0.4, -0.2) is 81.2 Å². The average Bonchev–Trinajstić information content (AvgIpc) is 3.44. The number of anilines is 1. The van der Waals surface area contributed by atoms with E-state index in [0.717, 1.165) is 72.6 Å². The van der Waals surface area contributed by atoms with Crippen LogP contribution in [-0.2, 0) is 11.3 Å². The highest BCUT2D eigenvalue weighted by atomic mass is 19.1. The van der Waals surface area contributed by atoms with Crippen LogP contribution in [0.25, 0.3) is 27.7 Å². The molecule has 0 radical (unpaired) electrons. The van der Waals surface area contributed by atoms with E-state index in [0.29, 0.717) is 29.8 Å². The zero-order valence-corrected chi connectivity index (χ0v) is 21.7.